The van der Waals surface area contributed by atoms with Gasteiger partial charge in [0.15, 0.2) is 0 Å². The largest absolute Gasteiger partial charge is 0.297 e. The Morgan fingerprint density at radius 1 is 1.80 bits per heavy atom. The van der Waals surface area contributed by atoms with E-state index in [2.05, 4.69) is 4.72 Å². The Labute approximate surface area is 62.0 Å². The van der Waals surface area contributed by atoms with E-state index < -0.39 is 11.8 Å². The lowest BCUT2D eigenvalue weighted by Gasteiger charge is -1.98. The highest BCUT2D eigenvalue weighted by atomic mass is 32.2. The molecule has 0 aliphatic heterocycles. The maximum absolute atomic E-state index is 12.2. The fourth-order valence-electron chi connectivity index (χ4n) is 0.679. The smallest absolute Gasteiger partial charge is 0.258 e. The van der Waals surface area contributed by atoms with Crippen LogP contribution in [0.25, 0.3) is 0 Å². The average molecular weight is 166 g/mol. The molecular weight excluding hydrogens is 158 g/mol. The number of alkyl halides is 2. The molecule has 0 heterocycles. The molecule has 1 saturated carbocycles. The van der Waals surface area contributed by atoms with E-state index in [-0.39, 0.29) is 11.5 Å². The van der Waals surface area contributed by atoms with Crippen LogP contribution in [0, 0.1) is 11.3 Å². The molecule has 0 radical (unpaired) electrons. The molecule has 1 unspecified atom stereocenters. The molecule has 1 atom stereocenters. The molecule has 2 nitrogen and oxygen atoms in total. The minimum Gasteiger partial charge on any atom is -0.297 e. The highest BCUT2D eigenvalue weighted by Gasteiger charge is 2.59. The molecule has 5 heteroatoms. The first-order chi connectivity index (χ1) is 4.58. The molecule has 0 bridgehead atoms. The Bertz CT molecular complexity index is 160. The molecule has 0 aromatic heterocycles. The molecule has 0 aromatic carbocycles. The molecule has 1 aliphatic rings. The summed E-state index contributed by atoms with van der Waals surface area (Å²) in [5, 5.41) is 7.12. The van der Waals surface area contributed by atoms with Gasteiger partial charge in [-0.15, -0.1) is 0 Å². The normalized spacial score (nSPS) is 28.1. The second-order valence-electron chi connectivity index (χ2n) is 2.19. The number of hydrogen-bond donors (Lipinski definition) is 2. The topological polar surface area (TPSA) is 35.9 Å². The summed E-state index contributed by atoms with van der Waals surface area (Å²) in [5.74, 6) is -3.41. The van der Waals surface area contributed by atoms with Gasteiger partial charge in [-0.25, -0.2) is 8.78 Å². The summed E-state index contributed by atoms with van der Waals surface area (Å²) < 4.78 is 27.0. The number of hydrogen-bond acceptors (Lipinski definition) is 3. The number of nitrogens with one attached hydrogen (secondary N) is 2. The van der Waals surface area contributed by atoms with Crippen molar-refractivity contribution < 1.29 is 8.78 Å². The Hall–Kier alpha value is -0.160. The van der Waals surface area contributed by atoms with Gasteiger partial charge in [0.25, 0.3) is 5.92 Å². The number of halogens is 2. The first kappa shape index (κ1) is 7.94. The van der Waals surface area contributed by atoms with Crippen molar-refractivity contribution in [1.29, 1.82) is 5.41 Å². The van der Waals surface area contributed by atoms with E-state index in [1.54, 1.807) is 7.05 Å². The van der Waals surface area contributed by atoms with Gasteiger partial charge in [-0.1, -0.05) is 0 Å². The SMILES string of the molecule is CNSC(=N)C1CC1(F)F. The Morgan fingerprint density at radius 3 is 2.60 bits per heavy atom. The van der Waals surface area contributed by atoms with Crippen LogP contribution in [0.1, 0.15) is 6.42 Å². The minimum atomic E-state index is -2.60. The molecule has 1 fully saturated rings. The first-order valence-electron chi connectivity index (χ1n) is 2.88. The summed E-state index contributed by atoms with van der Waals surface area (Å²) in [6.07, 6.45) is -0.152. The molecule has 2 N–H and O–H groups in total. The summed E-state index contributed by atoms with van der Waals surface area (Å²) in [4.78, 5) is 0. The van der Waals surface area contributed by atoms with E-state index in [1.165, 1.54) is 0 Å². The van der Waals surface area contributed by atoms with Gasteiger partial charge in [0.05, 0.1) is 11.0 Å². The van der Waals surface area contributed by atoms with Crippen LogP contribution in [0.5, 0.6) is 0 Å². The van der Waals surface area contributed by atoms with Crippen LogP contribution in [0.3, 0.4) is 0 Å². The van der Waals surface area contributed by atoms with Crippen molar-refractivity contribution in [2.24, 2.45) is 5.92 Å². The van der Waals surface area contributed by atoms with E-state index in [1.807, 2.05) is 0 Å². The van der Waals surface area contributed by atoms with Crippen molar-refractivity contribution in [3.63, 3.8) is 0 Å². The predicted molar refractivity (Wildman–Crippen MR) is 37.4 cm³/mol. The van der Waals surface area contributed by atoms with Crippen LogP contribution in [-0.4, -0.2) is 18.0 Å². The molecule has 0 spiro atoms. The zero-order chi connectivity index (χ0) is 7.78. The molecular formula is C5H8F2N2S. The molecule has 10 heavy (non-hydrogen) atoms. The van der Waals surface area contributed by atoms with Crippen molar-refractivity contribution in [3.05, 3.63) is 0 Å². The van der Waals surface area contributed by atoms with E-state index in [0.29, 0.717) is 0 Å². The summed E-state index contributed by atoms with van der Waals surface area (Å²) in [5.41, 5.74) is 0. The summed E-state index contributed by atoms with van der Waals surface area (Å²) in [6.45, 7) is 0. The molecule has 58 valence electrons. The Morgan fingerprint density at radius 2 is 2.30 bits per heavy atom. The van der Waals surface area contributed by atoms with Crippen molar-refractivity contribution in [3.8, 4) is 0 Å². The van der Waals surface area contributed by atoms with Crippen LogP contribution in [-0.2, 0) is 0 Å². The van der Waals surface area contributed by atoms with Crippen LogP contribution in [0.4, 0.5) is 8.78 Å². The lowest BCUT2D eigenvalue weighted by Crippen LogP contribution is -2.07. The second-order valence-corrected chi connectivity index (χ2v) is 3.24. The van der Waals surface area contributed by atoms with Crippen molar-refractivity contribution in [1.82, 2.24) is 4.72 Å². The molecule has 1 rings (SSSR count). The second kappa shape index (κ2) is 2.47. The van der Waals surface area contributed by atoms with Crippen LogP contribution >= 0.6 is 11.9 Å². The first-order valence-corrected chi connectivity index (χ1v) is 3.69. The fourth-order valence-corrected chi connectivity index (χ4v) is 1.30. The monoisotopic (exact) mass is 166 g/mol. The maximum Gasteiger partial charge on any atom is 0.258 e. The van der Waals surface area contributed by atoms with Gasteiger partial charge in [0.2, 0.25) is 0 Å². The summed E-state index contributed by atoms with van der Waals surface area (Å²) in [6, 6.07) is 0. The van der Waals surface area contributed by atoms with Crippen LogP contribution < -0.4 is 4.72 Å². The zero-order valence-corrected chi connectivity index (χ0v) is 6.27. The Balaban J connectivity index is 2.33. The molecule has 0 amide bonds. The van der Waals surface area contributed by atoms with E-state index in [9.17, 15) is 8.78 Å². The average Bonchev–Trinajstić information content (AvgIpc) is 2.41. The lowest BCUT2D eigenvalue weighted by molar-refractivity contribution is 0.111. The zero-order valence-electron chi connectivity index (χ0n) is 5.45. The third-order valence-electron chi connectivity index (χ3n) is 1.35. The highest BCUT2D eigenvalue weighted by Crippen LogP contribution is 2.50. The Kier molecular flexibility index (Phi) is 1.96. The van der Waals surface area contributed by atoms with Gasteiger partial charge in [-0.2, -0.15) is 0 Å². The van der Waals surface area contributed by atoms with E-state index in [4.69, 9.17) is 5.41 Å². The van der Waals surface area contributed by atoms with Crippen LogP contribution in [0.15, 0.2) is 0 Å². The quantitative estimate of drug-likeness (QED) is 0.370. The van der Waals surface area contributed by atoms with E-state index in [0.717, 1.165) is 11.9 Å². The van der Waals surface area contributed by atoms with Crippen molar-refractivity contribution in [2.45, 2.75) is 12.3 Å². The third kappa shape index (κ3) is 1.46. The maximum atomic E-state index is 12.2. The van der Waals surface area contributed by atoms with Crippen molar-refractivity contribution >= 4 is 17.0 Å². The molecule has 0 aromatic rings. The molecule has 1 aliphatic carbocycles. The van der Waals surface area contributed by atoms with Gasteiger partial charge >= 0.3 is 0 Å². The summed E-state index contributed by atoms with van der Waals surface area (Å²) >= 11 is 0.957. The van der Waals surface area contributed by atoms with Gasteiger partial charge in [0.1, 0.15) is 0 Å². The van der Waals surface area contributed by atoms with Crippen LogP contribution in [0.2, 0.25) is 0 Å². The molecule has 0 saturated heterocycles. The standard InChI is InChI=1S/C5H8F2N2S/c1-9-10-4(8)3-2-5(3,6)7/h3,8-9H,2H2,1H3. The van der Waals surface area contributed by atoms with Gasteiger partial charge < -0.3 is 0 Å². The van der Waals surface area contributed by atoms with Gasteiger partial charge in [-0.05, 0) is 19.0 Å². The van der Waals surface area contributed by atoms with Gasteiger partial charge in [-0.3, -0.25) is 10.1 Å². The van der Waals surface area contributed by atoms with Gasteiger partial charge in [0, 0.05) is 6.42 Å². The van der Waals surface area contributed by atoms with E-state index >= 15 is 0 Å². The highest BCUT2D eigenvalue weighted by molar-refractivity contribution is 8.12. The minimum absolute atomic E-state index is 0.0347. The lowest BCUT2D eigenvalue weighted by atomic mass is 10.5. The summed E-state index contributed by atoms with van der Waals surface area (Å²) in [7, 11) is 1.61. The predicted octanol–water partition coefficient (Wildman–Crippen LogP) is 1.49. The fraction of sp³-hybridized carbons (Fsp3) is 0.800. The van der Waals surface area contributed by atoms with Crippen molar-refractivity contribution in [2.75, 3.05) is 7.05 Å². The third-order valence-corrected chi connectivity index (χ3v) is 2.06. The number of rotatable bonds is 2.